The average molecular weight is 402 g/mol. The van der Waals surface area contributed by atoms with Crippen molar-refractivity contribution in [3.05, 3.63) is 53.9 Å². The van der Waals surface area contributed by atoms with Crippen LogP contribution in [0.4, 0.5) is 14.6 Å². The lowest BCUT2D eigenvalue weighted by molar-refractivity contribution is -0.0980. The summed E-state index contributed by atoms with van der Waals surface area (Å²) in [7, 11) is 0. The van der Waals surface area contributed by atoms with Gasteiger partial charge in [0, 0.05) is 23.9 Å². The van der Waals surface area contributed by atoms with Gasteiger partial charge in [-0.1, -0.05) is 37.5 Å². The van der Waals surface area contributed by atoms with E-state index < -0.39 is 6.61 Å². The molecule has 0 spiro atoms. The summed E-state index contributed by atoms with van der Waals surface area (Å²) in [6.45, 7) is -0.496. The van der Waals surface area contributed by atoms with Crippen molar-refractivity contribution < 1.29 is 18.3 Å². The van der Waals surface area contributed by atoms with Gasteiger partial charge in [-0.3, -0.25) is 0 Å². The topological polar surface area (TPSA) is 68.5 Å². The third kappa shape index (κ3) is 5.07. The Labute approximate surface area is 167 Å². The Balaban J connectivity index is 0.00000117. The number of hydrogen-bond acceptors (Lipinski definition) is 5. The molecule has 0 unspecified atom stereocenters. The van der Waals surface area contributed by atoms with Crippen molar-refractivity contribution in [3.8, 4) is 5.75 Å². The van der Waals surface area contributed by atoms with E-state index in [4.69, 9.17) is 9.78 Å². The van der Waals surface area contributed by atoms with E-state index in [1.807, 2.05) is 25.2 Å². The number of rotatable bonds is 6. The van der Waals surface area contributed by atoms with Crippen LogP contribution >= 0.6 is 0 Å². The largest absolute Gasteiger partial charge is 0.434 e. The summed E-state index contributed by atoms with van der Waals surface area (Å²) < 4.78 is 31.5. The summed E-state index contributed by atoms with van der Waals surface area (Å²) in [5.74, 6) is 1.37. The van der Waals surface area contributed by atoms with Crippen LogP contribution in [0.25, 0.3) is 5.65 Å². The highest BCUT2D eigenvalue weighted by molar-refractivity contribution is 5.53. The zero-order valence-electron chi connectivity index (χ0n) is 16.1. The van der Waals surface area contributed by atoms with Crippen molar-refractivity contribution in [2.75, 3.05) is 5.32 Å². The first-order valence-corrected chi connectivity index (χ1v) is 9.60. The number of alkyl halides is 2. The molecule has 0 amide bonds. The number of carbonyl (C=O) groups excluding carboxylic acids is 1. The normalized spacial score (nSPS) is 14.4. The number of hydrogen-bond donors (Lipinski definition) is 1. The molecule has 0 radical (unpaired) electrons. The molecule has 2 heterocycles. The highest BCUT2D eigenvalue weighted by Gasteiger charge is 2.20. The van der Waals surface area contributed by atoms with Gasteiger partial charge in [-0.25, -0.2) is 9.50 Å². The minimum Gasteiger partial charge on any atom is -0.434 e. The van der Waals surface area contributed by atoms with E-state index in [1.54, 1.807) is 22.7 Å². The van der Waals surface area contributed by atoms with Gasteiger partial charge >= 0.3 is 6.61 Å². The Bertz CT molecular complexity index is 926. The summed E-state index contributed by atoms with van der Waals surface area (Å²) in [4.78, 5) is 12.7. The molecule has 1 aliphatic carbocycles. The number of ether oxygens (including phenoxy) is 1. The van der Waals surface area contributed by atoms with E-state index in [9.17, 15) is 8.78 Å². The van der Waals surface area contributed by atoms with Crippen molar-refractivity contribution in [1.82, 2.24) is 14.6 Å². The fourth-order valence-corrected chi connectivity index (χ4v) is 3.73. The molecular weight excluding hydrogens is 378 g/mol. The number of nitrogens with one attached hydrogen (secondary N) is 1. The van der Waals surface area contributed by atoms with Crippen LogP contribution in [0.15, 0.2) is 42.7 Å². The van der Waals surface area contributed by atoms with Crippen molar-refractivity contribution in [1.29, 1.82) is 0 Å². The molecule has 4 rings (SSSR count). The quantitative estimate of drug-likeness (QED) is 0.641. The van der Waals surface area contributed by atoms with Gasteiger partial charge in [-0.15, -0.1) is 0 Å². The Morgan fingerprint density at radius 1 is 1.17 bits per heavy atom. The lowest BCUT2D eigenvalue weighted by Crippen LogP contribution is -2.08. The molecule has 0 bridgehead atoms. The highest BCUT2D eigenvalue weighted by atomic mass is 19.3. The van der Waals surface area contributed by atoms with Crippen LogP contribution in [0.2, 0.25) is 0 Å². The molecule has 154 valence electrons. The van der Waals surface area contributed by atoms with Gasteiger partial charge < -0.3 is 14.8 Å². The number of fused-ring (bicyclic) bond motifs is 1. The van der Waals surface area contributed by atoms with Gasteiger partial charge in [0.1, 0.15) is 18.4 Å². The van der Waals surface area contributed by atoms with E-state index in [0.29, 0.717) is 23.8 Å². The molecule has 1 saturated carbocycles. The van der Waals surface area contributed by atoms with E-state index in [1.165, 1.54) is 43.7 Å². The molecule has 3 aromatic rings. The maximum absolute atomic E-state index is 12.6. The first-order chi connectivity index (χ1) is 14.2. The van der Waals surface area contributed by atoms with Crippen LogP contribution in [-0.2, 0) is 11.3 Å². The summed E-state index contributed by atoms with van der Waals surface area (Å²) in [5, 5.41) is 7.63. The molecule has 1 aliphatic rings. The predicted molar refractivity (Wildman–Crippen MR) is 106 cm³/mol. The van der Waals surface area contributed by atoms with Crippen molar-refractivity contribution in [3.63, 3.8) is 0 Å². The fraction of sp³-hybridized carbons (Fsp3) is 0.381. The average Bonchev–Trinajstić information content (AvgIpc) is 3.18. The zero-order chi connectivity index (χ0) is 20.6. The summed E-state index contributed by atoms with van der Waals surface area (Å²) >= 11 is 0. The fourth-order valence-electron chi connectivity index (χ4n) is 3.73. The second-order valence-corrected chi connectivity index (χ2v) is 6.86. The Morgan fingerprint density at radius 2 is 1.93 bits per heavy atom. The summed E-state index contributed by atoms with van der Waals surface area (Å²) in [6, 6.07) is 8.60. The van der Waals surface area contributed by atoms with Crippen LogP contribution in [0.5, 0.6) is 5.75 Å². The molecule has 0 atom stereocenters. The smallest absolute Gasteiger partial charge is 0.387 e. The standard InChI is InChI=1S/C20H22F2N4O.CH2O/c21-20(22)27-17-9-5-4-8-15(17)12-23-18-10-11-26-19(25-18)16(13-24-26)14-6-2-1-3-7-14;1-2/h4-5,8-11,13-14,20H,1-3,6-7,12H2,(H,23,25);1H2. The predicted octanol–water partition coefficient (Wildman–Crippen LogP) is 4.81. The van der Waals surface area contributed by atoms with Crippen LogP contribution in [0.1, 0.15) is 49.1 Å². The van der Waals surface area contributed by atoms with Gasteiger partial charge in [0.25, 0.3) is 0 Å². The number of aromatic nitrogens is 3. The molecule has 0 saturated heterocycles. The van der Waals surface area contributed by atoms with Crippen molar-refractivity contribution in [2.45, 2.75) is 51.2 Å². The first-order valence-electron chi connectivity index (χ1n) is 9.60. The number of para-hydroxylation sites is 1. The molecule has 29 heavy (non-hydrogen) atoms. The molecule has 8 heteroatoms. The van der Waals surface area contributed by atoms with Gasteiger partial charge in [0.15, 0.2) is 5.65 Å². The lowest BCUT2D eigenvalue weighted by atomic mass is 9.85. The van der Waals surface area contributed by atoms with Gasteiger partial charge in [-0.2, -0.15) is 13.9 Å². The third-order valence-electron chi connectivity index (χ3n) is 5.09. The second-order valence-electron chi connectivity index (χ2n) is 6.86. The number of carbonyl (C=O) groups is 1. The Kier molecular flexibility index (Phi) is 7.10. The summed E-state index contributed by atoms with van der Waals surface area (Å²) in [5.41, 5.74) is 2.71. The van der Waals surface area contributed by atoms with Crippen LogP contribution in [0, 0.1) is 0 Å². The van der Waals surface area contributed by atoms with E-state index in [-0.39, 0.29) is 5.75 Å². The van der Waals surface area contributed by atoms with Crippen LogP contribution in [-0.4, -0.2) is 28.0 Å². The maximum Gasteiger partial charge on any atom is 0.387 e. The number of anilines is 1. The number of nitrogens with zero attached hydrogens (tertiary/aromatic N) is 3. The monoisotopic (exact) mass is 402 g/mol. The van der Waals surface area contributed by atoms with Crippen molar-refractivity contribution >= 4 is 18.3 Å². The van der Waals surface area contributed by atoms with Gasteiger partial charge in [0.05, 0.1) is 6.20 Å². The lowest BCUT2D eigenvalue weighted by Gasteiger charge is -2.20. The molecule has 2 aromatic heterocycles. The van der Waals surface area contributed by atoms with E-state index in [2.05, 4.69) is 15.2 Å². The minimum absolute atomic E-state index is 0.174. The minimum atomic E-state index is -2.84. The second kappa shape index (κ2) is 9.95. The van der Waals surface area contributed by atoms with Gasteiger partial charge in [-0.05, 0) is 30.9 Å². The molecule has 1 N–H and O–H groups in total. The number of benzene rings is 1. The first kappa shape index (κ1) is 20.7. The highest BCUT2D eigenvalue weighted by Crippen LogP contribution is 2.34. The molecule has 0 aliphatic heterocycles. The van der Waals surface area contributed by atoms with E-state index >= 15 is 0 Å². The molecular formula is C21H24F2N4O2. The van der Waals surface area contributed by atoms with Crippen LogP contribution in [0.3, 0.4) is 0 Å². The van der Waals surface area contributed by atoms with E-state index in [0.717, 1.165) is 5.65 Å². The Morgan fingerprint density at radius 3 is 2.69 bits per heavy atom. The maximum atomic E-state index is 12.6. The molecule has 1 fully saturated rings. The number of halogens is 2. The van der Waals surface area contributed by atoms with Gasteiger partial charge in [0.2, 0.25) is 0 Å². The third-order valence-corrected chi connectivity index (χ3v) is 5.09. The molecule has 1 aromatic carbocycles. The SMILES string of the molecule is C=O.FC(F)Oc1ccccc1CNc1ccn2ncc(C3CCCCC3)c2n1. The van der Waals surface area contributed by atoms with Crippen LogP contribution < -0.4 is 10.1 Å². The summed E-state index contributed by atoms with van der Waals surface area (Å²) in [6.07, 6.45) is 9.96. The Hall–Kier alpha value is -3.03. The van der Waals surface area contributed by atoms with Crippen molar-refractivity contribution in [2.24, 2.45) is 0 Å². The molecule has 6 nitrogen and oxygen atoms in total. The zero-order valence-corrected chi connectivity index (χ0v) is 16.1.